The van der Waals surface area contributed by atoms with E-state index in [0.29, 0.717) is 22.1 Å². The lowest BCUT2D eigenvalue weighted by Crippen LogP contribution is -1.98. The van der Waals surface area contributed by atoms with Crippen molar-refractivity contribution in [2.45, 2.75) is 6.92 Å². The fourth-order valence-electron chi connectivity index (χ4n) is 2.04. The zero-order valence-corrected chi connectivity index (χ0v) is 11.1. The molecule has 2 aromatic rings. The molecule has 1 heterocycles. The van der Waals surface area contributed by atoms with Gasteiger partial charge in [-0.25, -0.2) is 0 Å². The first-order valence-electron chi connectivity index (χ1n) is 5.94. The van der Waals surface area contributed by atoms with Gasteiger partial charge >= 0.3 is 0 Å². The highest BCUT2D eigenvalue weighted by molar-refractivity contribution is 6.32. The highest BCUT2D eigenvalue weighted by Gasteiger charge is 2.27. The second-order valence-corrected chi connectivity index (χ2v) is 4.87. The Balaban J connectivity index is 2.03. The molecule has 0 unspecified atom stereocenters. The summed E-state index contributed by atoms with van der Waals surface area (Å²) in [6.07, 6.45) is 1.68. The fraction of sp³-hybridized carbons (Fsp3) is 0.0625. The normalized spacial score (nSPS) is 15.5. The number of halogens is 1. The summed E-state index contributed by atoms with van der Waals surface area (Å²) in [5.74, 6) is 0.821. The molecule has 0 atom stereocenters. The number of fused-ring (bicyclic) bond motifs is 1. The van der Waals surface area contributed by atoms with Gasteiger partial charge < -0.3 is 4.74 Å². The molecule has 0 bridgehead atoms. The highest BCUT2D eigenvalue weighted by Crippen LogP contribution is 2.33. The van der Waals surface area contributed by atoms with Gasteiger partial charge in [0.1, 0.15) is 5.75 Å². The molecule has 0 saturated carbocycles. The predicted octanol–water partition coefficient (Wildman–Crippen LogP) is 4.26. The Kier molecular flexibility index (Phi) is 2.88. The van der Waals surface area contributed by atoms with Gasteiger partial charge in [-0.2, -0.15) is 0 Å². The first-order chi connectivity index (χ1) is 9.15. The van der Waals surface area contributed by atoms with Gasteiger partial charge in [0.25, 0.3) is 0 Å². The van der Waals surface area contributed by atoms with Crippen molar-refractivity contribution in [3.63, 3.8) is 0 Å². The number of hydrogen-bond acceptors (Lipinski definition) is 2. The van der Waals surface area contributed by atoms with E-state index < -0.39 is 0 Å². The quantitative estimate of drug-likeness (QED) is 0.724. The number of carbonyl (C=O) groups is 1. The zero-order valence-electron chi connectivity index (χ0n) is 10.3. The number of carbonyl (C=O) groups excluding carboxylic acids is 1. The van der Waals surface area contributed by atoms with Crippen molar-refractivity contribution in [1.82, 2.24) is 0 Å². The van der Waals surface area contributed by atoms with E-state index in [4.69, 9.17) is 16.3 Å². The van der Waals surface area contributed by atoms with E-state index >= 15 is 0 Å². The van der Waals surface area contributed by atoms with E-state index in [1.165, 1.54) is 0 Å². The topological polar surface area (TPSA) is 26.3 Å². The standard InChI is InChI=1S/C16H11ClO2/c1-10-6-7-14-12(8-10)16(18)15(19-14)9-11-4-2-3-5-13(11)17/h2-9H,1H3/b15-9-. The largest absolute Gasteiger partial charge is 0.452 e. The molecular weight excluding hydrogens is 260 g/mol. The average molecular weight is 271 g/mol. The van der Waals surface area contributed by atoms with E-state index in [1.807, 2.05) is 43.3 Å². The molecule has 0 spiro atoms. The van der Waals surface area contributed by atoms with Crippen molar-refractivity contribution in [2.24, 2.45) is 0 Å². The number of hydrogen-bond donors (Lipinski definition) is 0. The SMILES string of the molecule is Cc1ccc2c(c1)C(=O)/C(=C/c1ccccc1Cl)O2. The number of ether oxygens (including phenoxy) is 1. The maximum absolute atomic E-state index is 12.2. The summed E-state index contributed by atoms with van der Waals surface area (Å²) in [5, 5.41) is 0.596. The second-order valence-electron chi connectivity index (χ2n) is 4.46. The van der Waals surface area contributed by atoms with Gasteiger partial charge in [-0.3, -0.25) is 4.79 Å². The zero-order chi connectivity index (χ0) is 13.4. The van der Waals surface area contributed by atoms with Crippen LogP contribution in [-0.2, 0) is 0 Å². The number of rotatable bonds is 1. The van der Waals surface area contributed by atoms with Crippen LogP contribution in [0.1, 0.15) is 21.5 Å². The van der Waals surface area contributed by atoms with Crippen LogP contribution in [0.2, 0.25) is 5.02 Å². The Hall–Kier alpha value is -2.06. The van der Waals surface area contributed by atoms with E-state index in [1.54, 1.807) is 12.1 Å². The lowest BCUT2D eigenvalue weighted by Gasteiger charge is -2.00. The molecule has 3 heteroatoms. The van der Waals surface area contributed by atoms with Crippen LogP contribution in [0, 0.1) is 6.92 Å². The van der Waals surface area contributed by atoms with Crippen LogP contribution in [-0.4, -0.2) is 5.78 Å². The van der Waals surface area contributed by atoms with Gasteiger partial charge in [-0.05, 0) is 36.8 Å². The predicted molar refractivity (Wildman–Crippen MR) is 75.6 cm³/mol. The summed E-state index contributed by atoms with van der Waals surface area (Å²) in [5.41, 5.74) is 2.42. The van der Waals surface area contributed by atoms with Crippen LogP contribution >= 0.6 is 11.6 Å². The number of allylic oxidation sites excluding steroid dienone is 1. The van der Waals surface area contributed by atoms with Crippen molar-refractivity contribution in [3.05, 3.63) is 69.9 Å². The van der Waals surface area contributed by atoms with Gasteiger partial charge in [0.2, 0.25) is 5.78 Å². The van der Waals surface area contributed by atoms with E-state index in [9.17, 15) is 4.79 Å². The third-order valence-electron chi connectivity index (χ3n) is 3.02. The third kappa shape index (κ3) is 2.15. The second kappa shape index (κ2) is 4.56. The molecular formula is C16H11ClO2. The van der Waals surface area contributed by atoms with Crippen molar-refractivity contribution in [3.8, 4) is 5.75 Å². The molecule has 0 aliphatic carbocycles. The van der Waals surface area contributed by atoms with Crippen LogP contribution in [0.5, 0.6) is 5.75 Å². The van der Waals surface area contributed by atoms with Crippen molar-refractivity contribution in [2.75, 3.05) is 0 Å². The van der Waals surface area contributed by atoms with Gasteiger partial charge in [0.05, 0.1) is 5.56 Å². The highest BCUT2D eigenvalue weighted by atomic mass is 35.5. The molecule has 2 aromatic carbocycles. The van der Waals surface area contributed by atoms with Crippen LogP contribution in [0.3, 0.4) is 0 Å². The Morgan fingerprint density at radius 3 is 2.74 bits per heavy atom. The molecule has 94 valence electrons. The molecule has 0 saturated heterocycles. The molecule has 0 radical (unpaired) electrons. The Labute approximate surface area is 116 Å². The lowest BCUT2D eigenvalue weighted by molar-refractivity contribution is 0.101. The molecule has 1 aliphatic rings. The number of aryl methyl sites for hydroxylation is 1. The maximum Gasteiger partial charge on any atom is 0.231 e. The van der Waals surface area contributed by atoms with E-state index in [-0.39, 0.29) is 5.78 Å². The number of benzene rings is 2. The monoisotopic (exact) mass is 270 g/mol. The molecule has 19 heavy (non-hydrogen) atoms. The molecule has 0 aromatic heterocycles. The van der Waals surface area contributed by atoms with Gasteiger partial charge in [0, 0.05) is 5.02 Å². The summed E-state index contributed by atoms with van der Waals surface area (Å²) in [6, 6.07) is 12.9. The van der Waals surface area contributed by atoms with E-state index in [0.717, 1.165) is 11.1 Å². The first-order valence-corrected chi connectivity index (χ1v) is 6.32. The first kappa shape index (κ1) is 12.0. The Morgan fingerprint density at radius 2 is 1.95 bits per heavy atom. The Morgan fingerprint density at radius 1 is 1.16 bits per heavy atom. The van der Waals surface area contributed by atoms with Crippen molar-refractivity contribution in [1.29, 1.82) is 0 Å². The average Bonchev–Trinajstić information content (AvgIpc) is 2.70. The van der Waals surface area contributed by atoms with Gasteiger partial charge in [-0.1, -0.05) is 41.4 Å². The molecule has 0 N–H and O–H groups in total. The number of Topliss-reactive ketones (excluding diaryl/α,β-unsaturated/α-hetero) is 1. The maximum atomic E-state index is 12.2. The minimum atomic E-state index is -0.0985. The molecule has 0 amide bonds. The van der Waals surface area contributed by atoms with Gasteiger partial charge in [-0.15, -0.1) is 0 Å². The molecule has 0 fully saturated rings. The summed E-state index contributed by atoms with van der Waals surface area (Å²) < 4.78 is 5.59. The molecule has 1 aliphatic heterocycles. The van der Waals surface area contributed by atoms with Crippen LogP contribution in [0.25, 0.3) is 6.08 Å². The smallest absolute Gasteiger partial charge is 0.231 e. The van der Waals surface area contributed by atoms with Crippen LogP contribution < -0.4 is 4.74 Å². The summed E-state index contributed by atoms with van der Waals surface area (Å²) >= 11 is 6.08. The fourth-order valence-corrected chi connectivity index (χ4v) is 2.23. The molecule has 3 rings (SSSR count). The minimum absolute atomic E-state index is 0.0985. The summed E-state index contributed by atoms with van der Waals surface area (Å²) in [7, 11) is 0. The van der Waals surface area contributed by atoms with Crippen LogP contribution in [0.4, 0.5) is 0 Å². The van der Waals surface area contributed by atoms with Crippen LogP contribution in [0.15, 0.2) is 48.2 Å². The lowest BCUT2D eigenvalue weighted by atomic mass is 10.1. The summed E-state index contributed by atoms with van der Waals surface area (Å²) in [4.78, 5) is 12.2. The van der Waals surface area contributed by atoms with Crippen molar-refractivity contribution >= 4 is 23.5 Å². The van der Waals surface area contributed by atoms with E-state index in [2.05, 4.69) is 0 Å². The van der Waals surface area contributed by atoms with Gasteiger partial charge in [0.15, 0.2) is 5.76 Å². The summed E-state index contributed by atoms with van der Waals surface area (Å²) in [6.45, 7) is 1.95. The minimum Gasteiger partial charge on any atom is -0.452 e. The third-order valence-corrected chi connectivity index (χ3v) is 3.36. The Bertz CT molecular complexity index is 702. The molecule has 2 nitrogen and oxygen atoms in total. The van der Waals surface area contributed by atoms with Crippen molar-refractivity contribution < 1.29 is 9.53 Å². The number of ketones is 1.